The predicted molar refractivity (Wildman–Crippen MR) is 102 cm³/mol. The maximum Gasteiger partial charge on any atom is 0.264 e. The van der Waals surface area contributed by atoms with Crippen LogP contribution < -0.4 is 10.1 Å². The van der Waals surface area contributed by atoms with Crippen molar-refractivity contribution < 1.29 is 14.3 Å². The number of carbonyl (C=O) groups excluding carboxylic acids is 2. The predicted octanol–water partition coefficient (Wildman–Crippen LogP) is 3.46. The zero-order chi connectivity index (χ0) is 18.4. The van der Waals surface area contributed by atoms with Crippen molar-refractivity contribution >= 4 is 23.2 Å². The van der Waals surface area contributed by atoms with Crippen LogP contribution in [0.5, 0.6) is 5.75 Å². The molecule has 1 N–H and O–H groups in total. The Morgan fingerprint density at radius 2 is 1.96 bits per heavy atom. The van der Waals surface area contributed by atoms with Crippen LogP contribution in [0.1, 0.15) is 40.9 Å². The highest BCUT2D eigenvalue weighted by Gasteiger charge is 2.19. The SMILES string of the molecule is CN(CC(=O)NCc1ccccc1OC1CCCC1)C(=O)c1cccs1. The number of nitrogens with zero attached hydrogens (tertiary/aromatic N) is 1. The Labute approximate surface area is 158 Å². The minimum Gasteiger partial charge on any atom is -0.490 e. The summed E-state index contributed by atoms with van der Waals surface area (Å²) in [5.74, 6) is 0.510. The maximum absolute atomic E-state index is 12.2. The molecule has 1 aromatic heterocycles. The zero-order valence-electron chi connectivity index (χ0n) is 14.9. The molecule has 0 atom stereocenters. The standard InChI is InChI=1S/C20H24N2O3S/c1-22(20(24)18-11-6-12-26-18)14-19(23)21-13-15-7-2-5-10-17(15)25-16-8-3-4-9-16/h2,5-7,10-12,16H,3-4,8-9,13-14H2,1H3,(H,21,23). The largest absolute Gasteiger partial charge is 0.490 e. The Kier molecular flexibility index (Phi) is 6.28. The number of hydrogen-bond donors (Lipinski definition) is 1. The number of para-hydroxylation sites is 1. The third-order valence-corrected chi connectivity index (χ3v) is 5.36. The average Bonchev–Trinajstić information content (AvgIpc) is 3.34. The molecule has 138 valence electrons. The fourth-order valence-corrected chi connectivity index (χ4v) is 3.79. The molecule has 0 unspecified atom stereocenters. The monoisotopic (exact) mass is 372 g/mol. The van der Waals surface area contributed by atoms with Crippen LogP contribution in [0, 0.1) is 0 Å². The van der Waals surface area contributed by atoms with Crippen LogP contribution in [-0.4, -0.2) is 36.4 Å². The molecule has 0 bridgehead atoms. The molecule has 1 aliphatic carbocycles. The molecule has 1 heterocycles. The van der Waals surface area contributed by atoms with E-state index in [0.717, 1.165) is 24.2 Å². The van der Waals surface area contributed by atoms with Gasteiger partial charge in [-0.2, -0.15) is 0 Å². The summed E-state index contributed by atoms with van der Waals surface area (Å²) in [6, 6.07) is 11.4. The van der Waals surface area contributed by atoms with E-state index in [9.17, 15) is 9.59 Å². The number of rotatable bonds is 7. The molecule has 1 saturated carbocycles. The van der Waals surface area contributed by atoms with Crippen molar-refractivity contribution in [3.63, 3.8) is 0 Å². The first kappa shape index (κ1) is 18.5. The molecule has 1 fully saturated rings. The molecule has 0 radical (unpaired) electrons. The molecule has 2 amide bonds. The van der Waals surface area contributed by atoms with E-state index in [-0.39, 0.29) is 24.5 Å². The van der Waals surface area contributed by atoms with Gasteiger partial charge in [0.2, 0.25) is 5.91 Å². The summed E-state index contributed by atoms with van der Waals surface area (Å²) >= 11 is 1.37. The quantitative estimate of drug-likeness (QED) is 0.810. The molecule has 0 spiro atoms. The van der Waals surface area contributed by atoms with Crippen molar-refractivity contribution in [1.29, 1.82) is 0 Å². The van der Waals surface area contributed by atoms with E-state index < -0.39 is 0 Å². The third kappa shape index (κ3) is 4.85. The van der Waals surface area contributed by atoms with Crippen molar-refractivity contribution in [3.8, 4) is 5.75 Å². The van der Waals surface area contributed by atoms with Gasteiger partial charge in [-0.15, -0.1) is 11.3 Å². The highest BCUT2D eigenvalue weighted by atomic mass is 32.1. The molecular formula is C20H24N2O3S. The van der Waals surface area contributed by atoms with Crippen molar-refractivity contribution in [2.45, 2.75) is 38.3 Å². The second-order valence-corrected chi connectivity index (χ2v) is 7.49. The Morgan fingerprint density at radius 3 is 2.69 bits per heavy atom. The summed E-state index contributed by atoms with van der Waals surface area (Å²) in [5.41, 5.74) is 0.958. The lowest BCUT2D eigenvalue weighted by atomic mass is 10.2. The topological polar surface area (TPSA) is 58.6 Å². The van der Waals surface area contributed by atoms with E-state index in [4.69, 9.17) is 4.74 Å². The highest BCUT2D eigenvalue weighted by molar-refractivity contribution is 7.12. The Bertz CT molecular complexity index is 739. The van der Waals surface area contributed by atoms with Crippen molar-refractivity contribution in [2.24, 2.45) is 0 Å². The normalized spacial score (nSPS) is 14.2. The van der Waals surface area contributed by atoms with Crippen LogP contribution in [0.2, 0.25) is 0 Å². The van der Waals surface area contributed by atoms with Gasteiger partial charge in [-0.1, -0.05) is 24.3 Å². The minimum atomic E-state index is -0.187. The van der Waals surface area contributed by atoms with Gasteiger partial charge in [0.25, 0.3) is 5.91 Å². The number of ether oxygens (including phenoxy) is 1. The summed E-state index contributed by atoms with van der Waals surface area (Å²) in [4.78, 5) is 26.5. The fraction of sp³-hybridized carbons (Fsp3) is 0.400. The van der Waals surface area contributed by atoms with E-state index in [1.807, 2.05) is 35.7 Å². The molecule has 1 aromatic carbocycles. The van der Waals surface area contributed by atoms with Gasteiger partial charge >= 0.3 is 0 Å². The van der Waals surface area contributed by atoms with Gasteiger partial charge < -0.3 is 15.0 Å². The lowest BCUT2D eigenvalue weighted by molar-refractivity contribution is -0.121. The number of carbonyl (C=O) groups is 2. The summed E-state index contributed by atoms with van der Waals surface area (Å²) in [5, 5.41) is 4.74. The summed E-state index contributed by atoms with van der Waals surface area (Å²) in [6.07, 6.45) is 4.90. The van der Waals surface area contributed by atoms with Crippen LogP contribution in [0.3, 0.4) is 0 Å². The van der Waals surface area contributed by atoms with Crippen LogP contribution >= 0.6 is 11.3 Å². The first-order valence-corrected chi connectivity index (χ1v) is 9.81. The third-order valence-electron chi connectivity index (χ3n) is 4.50. The molecular weight excluding hydrogens is 348 g/mol. The Hall–Kier alpha value is -2.34. The van der Waals surface area contributed by atoms with Crippen LogP contribution in [0.4, 0.5) is 0 Å². The van der Waals surface area contributed by atoms with Crippen molar-refractivity contribution in [1.82, 2.24) is 10.2 Å². The van der Waals surface area contributed by atoms with Gasteiger partial charge in [-0.3, -0.25) is 9.59 Å². The Morgan fingerprint density at radius 1 is 1.19 bits per heavy atom. The molecule has 6 heteroatoms. The van der Waals surface area contributed by atoms with Gasteiger partial charge in [0.05, 0.1) is 17.5 Å². The fourth-order valence-electron chi connectivity index (χ4n) is 3.08. The van der Waals surface area contributed by atoms with E-state index in [1.165, 1.54) is 29.1 Å². The van der Waals surface area contributed by atoms with Crippen molar-refractivity contribution in [3.05, 3.63) is 52.2 Å². The van der Waals surface area contributed by atoms with Crippen LogP contribution in [0.15, 0.2) is 41.8 Å². The number of benzene rings is 1. The van der Waals surface area contributed by atoms with Crippen LogP contribution in [0.25, 0.3) is 0 Å². The zero-order valence-corrected chi connectivity index (χ0v) is 15.8. The number of likely N-dealkylation sites (N-methyl/N-ethyl adjacent to an activating group) is 1. The highest BCUT2D eigenvalue weighted by Crippen LogP contribution is 2.26. The van der Waals surface area contributed by atoms with Gasteiger partial charge in [0.1, 0.15) is 5.75 Å². The smallest absolute Gasteiger partial charge is 0.264 e. The number of thiophene rings is 1. The maximum atomic E-state index is 12.2. The first-order valence-electron chi connectivity index (χ1n) is 8.93. The van der Waals surface area contributed by atoms with Gasteiger partial charge in [-0.25, -0.2) is 0 Å². The average molecular weight is 372 g/mol. The molecule has 3 rings (SSSR count). The lowest BCUT2D eigenvalue weighted by Crippen LogP contribution is -2.37. The van der Waals surface area contributed by atoms with Gasteiger partial charge in [0, 0.05) is 19.2 Å². The number of hydrogen-bond acceptors (Lipinski definition) is 4. The Balaban J connectivity index is 1.52. The first-order chi connectivity index (χ1) is 12.6. The molecule has 0 saturated heterocycles. The summed E-state index contributed by atoms with van der Waals surface area (Å²) < 4.78 is 6.09. The van der Waals surface area contributed by atoms with E-state index in [2.05, 4.69) is 5.32 Å². The van der Waals surface area contributed by atoms with E-state index >= 15 is 0 Å². The molecule has 2 aromatic rings. The number of nitrogens with one attached hydrogen (secondary N) is 1. The summed E-state index contributed by atoms with van der Waals surface area (Å²) in [7, 11) is 1.64. The molecule has 26 heavy (non-hydrogen) atoms. The van der Waals surface area contributed by atoms with Crippen LogP contribution in [-0.2, 0) is 11.3 Å². The van der Waals surface area contributed by atoms with Gasteiger partial charge in [-0.05, 0) is 43.2 Å². The molecule has 0 aliphatic heterocycles. The summed E-state index contributed by atoms with van der Waals surface area (Å²) in [6.45, 7) is 0.422. The minimum absolute atomic E-state index is 0.0301. The molecule has 5 nitrogen and oxygen atoms in total. The van der Waals surface area contributed by atoms with Crippen molar-refractivity contribution in [2.75, 3.05) is 13.6 Å². The van der Waals surface area contributed by atoms with Gasteiger partial charge in [0.15, 0.2) is 0 Å². The second-order valence-electron chi connectivity index (χ2n) is 6.55. The van der Waals surface area contributed by atoms with E-state index in [1.54, 1.807) is 13.1 Å². The van der Waals surface area contributed by atoms with E-state index in [0.29, 0.717) is 11.4 Å². The lowest BCUT2D eigenvalue weighted by Gasteiger charge is -2.18. The molecule has 1 aliphatic rings. The second kappa shape index (κ2) is 8.85. The number of amides is 2.